The lowest BCUT2D eigenvalue weighted by atomic mass is 9.97. The third-order valence-electron chi connectivity index (χ3n) is 5.50. The first-order valence-electron chi connectivity index (χ1n) is 9.97. The Kier molecular flexibility index (Phi) is 5.04. The normalized spacial score (nSPS) is 16.9. The molecule has 4 aromatic rings. The van der Waals surface area contributed by atoms with Crippen molar-refractivity contribution in [3.05, 3.63) is 42.0 Å². The third kappa shape index (κ3) is 3.61. The topological polar surface area (TPSA) is 67.3 Å². The largest absolute Gasteiger partial charge is 0.497 e. The number of thiazole rings is 2. The van der Waals surface area contributed by atoms with E-state index in [1.165, 1.54) is 11.3 Å². The van der Waals surface area contributed by atoms with Crippen LogP contribution in [-0.2, 0) is 4.79 Å². The van der Waals surface area contributed by atoms with E-state index in [1.807, 2.05) is 43.3 Å². The van der Waals surface area contributed by atoms with Gasteiger partial charge in [0.2, 0.25) is 5.91 Å². The number of para-hydroxylation sites is 1. The van der Waals surface area contributed by atoms with E-state index in [4.69, 9.17) is 9.72 Å². The number of fused-ring (bicyclic) bond motifs is 2. The molecular weight excluding hydrogens is 416 g/mol. The van der Waals surface area contributed by atoms with Crippen LogP contribution in [0.15, 0.2) is 36.4 Å². The van der Waals surface area contributed by atoms with Crippen LogP contribution >= 0.6 is 22.7 Å². The summed E-state index contributed by atoms with van der Waals surface area (Å²) in [6.07, 6.45) is 1.85. The van der Waals surface area contributed by atoms with Gasteiger partial charge in [0.1, 0.15) is 5.75 Å². The van der Waals surface area contributed by atoms with Gasteiger partial charge in [-0.25, -0.2) is 9.97 Å². The zero-order valence-corrected chi connectivity index (χ0v) is 18.5. The summed E-state index contributed by atoms with van der Waals surface area (Å²) in [7, 11) is 1.67. The molecule has 0 bridgehead atoms. The van der Waals surface area contributed by atoms with Gasteiger partial charge in [0.15, 0.2) is 10.3 Å². The molecule has 0 radical (unpaired) electrons. The molecule has 1 saturated heterocycles. The minimum Gasteiger partial charge on any atom is -0.497 e. The first kappa shape index (κ1) is 19.3. The van der Waals surface area contributed by atoms with Crippen LogP contribution in [0, 0.1) is 12.8 Å². The number of aryl methyl sites for hydroxylation is 1. The number of nitrogens with zero attached hydrogens (tertiary/aromatic N) is 3. The molecule has 30 heavy (non-hydrogen) atoms. The number of rotatable bonds is 4. The highest BCUT2D eigenvalue weighted by Crippen LogP contribution is 2.34. The summed E-state index contributed by atoms with van der Waals surface area (Å²) in [6.45, 7) is 3.63. The second-order valence-electron chi connectivity index (χ2n) is 7.55. The molecule has 1 aliphatic rings. The smallest absolute Gasteiger partial charge is 0.231 e. The van der Waals surface area contributed by atoms with E-state index in [2.05, 4.69) is 15.2 Å². The molecule has 1 atom stereocenters. The van der Waals surface area contributed by atoms with Gasteiger partial charge in [0.25, 0.3) is 0 Å². The molecule has 1 aliphatic heterocycles. The molecule has 1 fully saturated rings. The van der Waals surface area contributed by atoms with Gasteiger partial charge in [-0.05, 0) is 49.6 Å². The summed E-state index contributed by atoms with van der Waals surface area (Å²) in [5.74, 6) is 0.798. The molecule has 3 heterocycles. The van der Waals surface area contributed by atoms with Crippen molar-refractivity contribution < 1.29 is 9.53 Å². The van der Waals surface area contributed by atoms with Crippen molar-refractivity contribution in [1.29, 1.82) is 0 Å². The van der Waals surface area contributed by atoms with E-state index < -0.39 is 0 Å². The van der Waals surface area contributed by atoms with Gasteiger partial charge in [-0.1, -0.05) is 34.8 Å². The van der Waals surface area contributed by atoms with Crippen molar-refractivity contribution in [3.63, 3.8) is 0 Å². The molecule has 6 nitrogen and oxygen atoms in total. The Morgan fingerprint density at radius 1 is 1.20 bits per heavy atom. The van der Waals surface area contributed by atoms with Gasteiger partial charge in [0, 0.05) is 13.1 Å². The molecule has 154 valence electrons. The molecule has 2 aromatic carbocycles. The molecule has 1 amide bonds. The fourth-order valence-corrected chi connectivity index (χ4v) is 5.84. The van der Waals surface area contributed by atoms with E-state index in [-0.39, 0.29) is 11.8 Å². The van der Waals surface area contributed by atoms with Crippen molar-refractivity contribution >= 4 is 59.3 Å². The van der Waals surface area contributed by atoms with Gasteiger partial charge >= 0.3 is 0 Å². The van der Waals surface area contributed by atoms with Gasteiger partial charge in [-0.2, -0.15) is 0 Å². The predicted molar refractivity (Wildman–Crippen MR) is 124 cm³/mol. The van der Waals surface area contributed by atoms with E-state index in [1.54, 1.807) is 18.4 Å². The molecule has 5 rings (SSSR count). The Bertz CT molecular complexity index is 1230. The standard InChI is InChI=1S/C22H22N4O2S2/c1-13-5-3-7-17-19(13)24-21(29-17)25-20(27)14-6-4-10-26(12-14)22-23-16-9-8-15(28-2)11-18(16)30-22/h3,5,7-9,11,14H,4,6,10,12H2,1-2H3,(H,24,25,27). The Balaban J connectivity index is 1.32. The predicted octanol–water partition coefficient (Wildman–Crippen LogP) is 5.08. The summed E-state index contributed by atoms with van der Waals surface area (Å²) in [5.41, 5.74) is 3.06. The quantitative estimate of drug-likeness (QED) is 0.481. The molecular formula is C22H22N4O2S2. The number of benzene rings is 2. The minimum absolute atomic E-state index is 0.0409. The number of amides is 1. The maximum atomic E-state index is 13.0. The van der Waals surface area contributed by atoms with E-state index >= 15 is 0 Å². The Morgan fingerprint density at radius 2 is 2.10 bits per heavy atom. The fourth-order valence-electron chi connectivity index (χ4n) is 3.87. The summed E-state index contributed by atoms with van der Waals surface area (Å²) >= 11 is 3.18. The van der Waals surface area contributed by atoms with Crippen LogP contribution in [-0.4, -0.2) is 36.1 Å². The first-order valence-corrected chi connectivity index (χ1v) is 11.6. The number of hydrogen-bond acceptors (Lipinski definition) is 7. The number of aromatic nitrogens is 2. The monoisotopic (exact) mass is 438 g/mol. The van der Waals surface area contributed by atoms with Crippen LogP contribution in [0.3, 0.4) is 0 Å². The number of anilines is 2. The number of nitrogens with one attached hydrogen (secondary N) is 1. The molecule has 1 N–H and O–H groups in total. The Hall–Kier alpha value is -2.71. The summed E-state index contributed by atoms with van der Waals surface area (Å²) in [5, 5.41) is 4.69. The first-order chi connectivity index (χ1) is 14.6. The zero-order chi connectivity index (χ0) is 20.7. The highest BCUT2D eigenvalue weighted by atomic mass is 32.1. The van der Waals surface area contributed by atoms with E-state index in [0.29, 0.717) is 11.7 Å². The lowest BCUT2D eigenvalue weighted by Gasteiger charge is -2.31. The van der Waals surface area contributed by atoms with Crippen molar-refractivity contribution in [3.8, 4) is 5.75 Å². The van der Waals surface area contributed by atoms with Gasteiger partial charge in [0.05, 0.1) is 33.5 Å². The Morgan fingerprint density at radius 3 is 2.93 bits per heavy atom. The van der Waals surface area contributed by atoms with Crippen LogP contribution in [0.2, 0.25) is 0 Å². The van der Waals surface area contributed by atoms with Crippen molar-refractivity contribution in [2.75, 3.05) is 30.4 Å². The number of carbonyl (C=O) groups is 1. The molecule has 0 spiro atoms. The van der Waals surface area contributed by atoms with Gasteiger partial charge in [-0.3, -0.25) is 4.79 Å². The van der Waals surface area contributed by atoms with Crippen molar-refractivity contribution in [2.24, 2.45) is 5.92 Å². The highest BCUT2D eigenvalue weighted by Gasteiger charge is 2.28. The molecule has 8 heteroatoms. The maximum Gasteiger partial charge on any atom is 0.231 e. The summed E-state index contributed by atoms with van der Waals surface area (Å²) < 4.78 is 7.51. The lowest BCUT2D eigenvalue weighted by Crippen LogP contribution is -2.40. The van der Waals surface area contributed by atoms with Crippen molar-refractivity contribution in [1.82, 2.24) is 9.97 Å². The fraction of sp³-hybridized carbons (Fsp3) is 0.318. The van der Waals surface area contributed by atoms with Crippen LogP contribution in [0.4, 0.5) is 10.3 Å². The second-order valence-corrected chi connectivity index (χ2v) is 9.58. The summed E-state index contributed by atoms with van der Waals surface area (Å²) in [6, 6.07) is 12.0. The Labute approximate surface area is 182 Å². The van der Waals surface area contributed by atoms with Gasteiger partial charge < -0.3 is 15.0 Å². The van der Waals surface area contributed by atoms with Crippen LogP contribution in [0.5, 0.6) is 5.75 Å². The van der Waals surface area contributed by atoms with E-state index in [0.717, 1.165) is 56.3 Å². The zero-order valence-electron chi connectivity index (χ0n) is 16.8. The number of carbonyl (C=O) groups excluding carboxylic acids is 1. The number of piperidine rings is 1. The maximum absolute atomic E-state index is 13.0. The highest BCUT2D eigenvalue weighted by molar-refractivity contribution is 7.22. The number of hydrogen-bond donors (Lipinski definition) is 1. The average Bonchev–Trinajstić information content (AvgIpc) is 3.37. The van der Waals surface area contributed by atoms with Crippen LogP contribution in [0.1, 0.15) is 18.4 Å². The molecule has 0 saturated carbocycles. The second kappa shape index (κ2) is 7.85. The van der Waals surface area contributed by atoms with E-state index in [9.17, 15) is 4.79 Å². The summed E-state index contributed by atoms with van der Waals surface area (Å²) in [4.78, 5) is 24.6. The SMILES string of the molecule is COc1ccc2nc(N3CCCC(C(=O)Nc4nc5c(C)cccc5s4)C3)sc2c1. The third-order valence-corrected chi connectivity index (χ3v) is 7.51. The molecule has 0 aliphatic carbocycles. The average molecular weight is 439 g/mol. The lowest BCUT2D eigenvalue weighted by molar-refractivity contribution is -0.120. The molecule has 1 unspecified atom stereocenters. The number of ether oxygens (including phenoxy) is 1. The van der Waals surface area contributed by atoms with Gasteiger partial charge in [-0.15, -0.1) is 0 Å². The van der Waals surface area contributed by atoms with Crippen LogP contribution in [0.25, 0.3) is 20.4 Å². The molecule has 2 aromatic heterocycles. The van der Waals surface area contributed by atoms with Crippen molar-refractivity contribution in [2.45, 2.75) is 19.8 Å². The number of methoxy groups -OCH3 is 1. The van der Waals surface area contributed by atoms with Crippen LogP contribution < -0.4 is 15.0 Å². The minimum atomic E-state index is -0.0755.